The zero-order chi connectivity index (χ0) is 30.9. The largest absolute Gasteiger partial charge is 0.453 e. The number of sulfone groups is 1. The molecular weight excluding hydrogens is 571 g/mol. The van der Waals surface area contributed by atoms with Gasteiger partial charge in [-0.3, -0.25) is 14.5 Å². The molecule has 0 radical (unpaired) electrons. The lowest BCUT2D eigenvalue weighted by Crippen LogP contribution is -2.22. The fourth-order valence-corrected chi connectivity index (χ4v) is 5.94. The van der Waals surface area contributed by atoms with Crippen LogP contribution in [0.5, 0.6) is 11.5 Å². The number of aromatic nitrogens is 5. The van der Waals surface area contributed by atoms with Gasteiger partial charge in [-0.25, -0.2) is 12.8 Å². The van der Waals surface area contributed by atoms with Crippen molar-refractivity contribution in [3.63, 3.8) is 0 Å². The first-order valence-corrected chi connectivity index (χ1v) is 15.1. The number of nitrogens with one attached hydrogen (secondary N) is 1. The molecule has 3 aromatic heterocycles. The summed E-state index contributed by atoms with van der Waals surface area (Å²) < 4.78 is 50.0. The van der Waals surface area contributed by atoms with E-state index in [4.69, 9.17) is 4.74 Å². The minimum Gasteiger partial charge on any atom is -0.453 e. The second-order valence-corrected chi connectivity index (χ2v) is 13.5. The van der Waals surface area contributed by atoms with E-state index in [0.717, 1.165) is 0 Å². The van der Waals surface area contributed by atoms with E-state index < -0.39 is 20.9 Å². The first kappa shape index (κ1) is 29.8. The van der Waals surface area contributed by atoms with Gasteiger partial charge in [0.2, 0.25) is 5.91 Å². The molecule has 10 nitrogen and oxygen atoms in total. The van der Waals surface area contributed by atoms with Crippen LogP contribution in [0.3, 0.4) is 0 Å². The van der Waals surface area contributed by atoms with E-state index in [2.05, 4.69) is 25.6 Å². The summed E-state index contributed by atoms with van der Waals surface area (Å²) in [6.45, 7) is 9.22. The van der Waals surface area contributed by atoms with Gasteiger partial charge in [-0.1, -0.05) is 6.07 Å². The van der Waals surface area contributed by atoms with Gasteiger partial charge in [-0.05, 0) is 88.2 Å². The molecule has 5 rings (SSSR count). The van der Waals surface area contributed by atoms with Crippen molar-refractivity contribution in [2.45, 2.75) is 56.7 Å². The monoisotopic (exact) mass is 602 g/mol. The van der Waals surface area contributed by atoms with Crippen LogP contribution in [0.1, 0.15) is 49.8 Å². The van der Waals surface area contributed by atoms with Crippen molar-refractivity contribution in [2.75, 3.05) is 5.32 Å². The predicted molar refractivity (Wildman–Crippen MR) is 160 cm³/mol. The van der Waals surface area contributed by atoms with Crippen LogP contribution in [0.4, 0.5) is 10.1 Å². The van der Waals surface area contributed by atoms with Gasteiger partial charge < -0.3 is 10.1 Å². The first-order valence-electron chi connectivity index (χ1n) is 13.5. The number of fused-ring (bicyclic) bond motifs is 1. The van der Waals surface area contributed by atoms with E-state index in [-0.39, 0.29) is 34.3 Å². The molecule has 3 heterocycles. The molecule has 1 N–H and O–H groups in total. The number of halogens is 1. The summed E-state index contributed by atoms with van der Waals surface area (Å²) in [5, 5.41) is 14.2. The maximum atomic E-state index is 15.4. The van der Waals surface area contributed by atoms with Gasteiger partial charge in [-0.2, -0.15) is 15.3 Å². The summed E-state index contributed by atoms with van der Waals surface area (Å²) in [6.07, 6.45) is 6.23. The number of aryl methyl sites for hydroxylation is 1. The molecule has 0 bridgehead atoms. The summed E-state index contributed by atoms with van der Waals surface area (Å²) in [7, 11) is -3.84. The van der Waals surface area contributed by atoms with Crippen LogP contribution in [0, 0.1) is 12.7 Å². The van der Waals surface area contributed by atoms with E-state index in [1.807, 2.05) is 20.8 Å². The number of ether oxygens (including phenoxy) is 1. The Bertz CT molecular complexity index is 1900. The number of anilines is 1. The smallest absolute Gasteiger partial charge is 0.228 e. The molecule has 0 saturated carbocycles. The van der Waals surface area contributed by atoms with E-state index in [1.54, 1.807) is 61.3 Å². The molecule has 43 heavy (non-hydrogen) atoms. The highest BCUT2D eigenvalue weighted by atomic mass is 32.2. The molecule has 2 aromatic carbocycles. The third-order valence-corrected chi connectivity index (χ3v) is 8.98. The average molecular weight is 603 g/mol. The van der Waals surface area contributed by atoms with Gasteiger partial charge in [0, 0.05) is 24.0 Å². The Morgan fingerprint density at radius 2 is 1.91 bits per heavy atom. The van der Waals surface area contributed by atoms with Crippen LogP contribution in [-0.4, -0.2) is 39.3 Å². The SMILES string of the molecule is Cc1cc(CC(=O)Nc2cnn(C(C)(C)C)c2)cc(F)c1Oc1ccnc2ccc(S(=O)(=O)[C@H](C)c3cccnn3)cc12. The maximum absolute atomic E-state index is 15.4. The third-order valence-electron chi connectivity index (χ3n) is 6.90. The minimum absolute atomic E-state index is 0.0377. The fraction of sp³-hybridized carbons (Fsp3) is 0.258. The molecule has 0 unspecified atom stereocenters. The minimum atomic E-state index is -3.84. The van der Waals surface area contributed by atoms with Gasteiger partial charge >= 0.3 is 0 Å². The number of hydrogen-bond donors (Lipinski definition) is 1. The average Bonchev–Trinajstić information content (AvgIpc) is 3.44. The number of amides is 1. The van der Waals surface area contributed by atoms with Crippen LogP contribution in [0.25, 0.3) is 10.9 Å². The lowest BCUT2D eigenvalue weighted by Gasteiger charge is -2.18. The number of benzene rings is 2. The Labute approximate surface area is 248 Å². The molecule has 5 aromatic rings. The number of pyridine rings is 1. The van der Waals surface area contributed by atoms with E-state index in [9.17, 15) is 13.2 Å². The van der Waals surface area contributed by atoms with Crippen LogP contribution in [0.15, 0.2) is 78.2 Å². The molecule has 1 atom stereocenters. The molecule has 0 fully saturated rings. The summed E-state index contributed by atoms with van der Waals surface area (Å²) in [5.74, 6) is -0.777. The van der Waals surface area contributed by atoms with Crippen molar-refractivity contribution in [3.8, 4) is 11.5 Å². The molecule has 0 aliphatic carbocycles. The second-order valence-electron chi connectivity index (χ2n) is 11.2. The normalized spacial score (nSPS) is 12.7. The van der Waals surface area contributed by atoms with Gasteiger partial charge in [0.05, 0.1) is 40.0 Å². The Morgan fingerprint density at radius 3 is 2.58 bits per heavy atom. The summed E-state index contributed by atoms with van der Waals surface area (Å²) >= 11 is 0. The standard InChI is InChI=1S/C31H31FN6O4S/c1-19-13-21(15-29(39)36-22-17-35-38(18-22)31(3,4)5)14-25(32)30(19)42-28-10-12-33-27-9-8-23(16-24(27)28)43(40,41)20(2)26-7-6-11-34-37-26/h6-14,16-18,20H,15H2,1-5H3,(H,36,39)/t20-/m1/s1. The van der Waals surface area contributed by atoms with Crippen molar-refractivity contribution < 1.29 is 22.3 Å². The molecule has 1 amide bonds. The third kappa shape index (κ3) is 6.38. The Morgan fingerprint density at radius 1 is 1.12 bits per heavy atom. The van der Waals surface area contributed by atoms with Gasteiger partial charge in [0.1, 0.15) is 11.0 Å². The van der Waals surface area contributed by atoms with Crippen LogP contribution in [-0.2, 0) is 26.6 Å². The van der Waals surface area contributed by atoms with Crippen molar-refractivity contribution in [2.24, 2.45) is 0 Å². The van der Waals surface area contributed by atoms with E-state index in [1.165, 1.54) is 30.6 Å². The highest BCUT2D eigenvalue weighted by Crippen LogP contribution is 2.36. The quantitative estimate of drug-likeness (QED) is 0.231. The topological polar surface area (TPSA) is 129 Å². The van der Waals surface area contributed by atoms with Crippen molar-refractivity contribution in [3.05, 3.63) is 96.0 Å². The lowest BCUT2D eigenvalue weighted by molar-refractivity contribution is -0.115. The van der Waals surface area contributed by atoms with Crippen LogP contribution in [0.2, 0.25) is 0 Å². The van der Waals surface area contributed by atoms with Crippen LogP contribution >= 0.6 is 0 Å². The van der Waals surface area contributed by atoms with Gasteiger partial charge in [0.25, 0.3) is 0 Å². The molecule has 12 heteroatoms. The fourth-order valence-electron chi connectivity index (χ4n) is 4.55. The number of rotatable bonds is 8. The Hall–Kier alpha value is -4.71. The van der Waals surface area contributed by atoms with E-state index in [0.29, 0.717) is 33.4 Å². The zero-order valence-corrected chi connectivity index (χ0v) is 25.2. The molecule has 0 spiro atoms. The number of nitrogens with zero attached hydrogens (tertiary/aromatic N) is 5. The Kier molecular flexibility index (Phi) is 7.98. The summed E-state index contributed by atoms with van der Waals surface area (Å²) in [6, 6.07) is 12.2. The predicted octanol–water partition coefficient (Wildman–Crippen LogP) is 5.93. The zero-order valence-electron chi connectivity index (χ0n) is 24.4. The maximum Gasteiger partial charge on any atom is 0.228 e. The lowest BCUT2D eigenvalue weighted by atomic mass is 10.1. The molecule has 0 aliphatic rings. The highest BCUT2D eigenvalue weighted by Gasteiger charge is 2.27. The van der Waals surface area contributed by atoms with Gasteiger partial charge in [0.15, 0.2) is 21.4 Å². The number of carbonyl (C=O) groups excluding carboxylic acids is 1. The number of carbonyl (C=O) groups is 1. The van der Waals surface area contributed by atoms with Crippen molar-refractivity contribution >= 4 is 32.3 Å². The van der Waals surface area contributed by atoms with Crippen molar-refractivity contribution in [1.82, 2.24) is 25.0 Å². The molecule has 222 valence electrons. The van der Waals surface area contributed by atoms with Crippen molar-refractivity contribution in [1.29, 1.82) is 0 Å². The second kappa shape index (κ2) is 11.5. The van der Waals surface area contributed by atoms with Gasteiger partial charge in [-0.15, -0.1) is 0 Å². The molecule has 0 aliphatic heterocycles. The Balaban J connectivity index is 1.38. The molecule has 0 saturated heterocycles. The van der Waals surface area contributed by atoms with E-state index >= 15 is 4.39 Å². The van der Waals surface area contributed by atoms with Crippen LogP contribution < -0.4 is 10.1 Å². The number of hydrogen-bond acceptors (Lipinski definition) is 8. The highest BCUT2D eigenvalue weighted by molar-refractivity contribution is 7.91. The summed E-state index contributed by atoms with van der Waals surface area (Å²) in [4.78, 5) is 17.0. The summed E-state index contributed by atoms with van der Waals surface area (Å²) in [5.41, 5.74) is 2.04. The first-order chi connectivity index (χ1) is 20.3. The molecular formula is C31H31FN6O4S.